The SMILES string of the molecule is O=C(c1ccccc1)C1(CCCI)CCc2ccccc2C1=O. The molecule has 0 aliphatic heterocycles. The minimum Gasteiger partial charge on any atom is -0.293 e. The fourth-order valence-corrected chi connectivity index (χ4v) is 3.86. The molecule has 2 aromatic carbocycles. The van der Waals surface area contributed by atoms with Gasteiger partial charge in [-0.25, -0.2) is 0 Å². The molecule has 0 amide bonds. The molecule has 0 bridgehead atoms. The van der Waals surface area contributed by atoms with Gasteiger partial charge in [-0.1, -0.05) is 77.2 Å². The predicted molar refractivity (Wildman–Crippen MR) is 100 cm³/mol. The lowest BCUT2D eigenvalue weighted by molar-refractivity contribution is 0.0615. The molecule has 0 heterocycles. The zero-order chi connectivity index (χ0) is 16.3. The molecule has 23 heavy (non-hydrogen) atoms. The van der Waals surface area contributed by atoms with E-state index >= 15 is 0 Å². The van der Waals surface area contributed by atoms with Crippen LogP contribution in [0.1, 0.15) is 45.5 Å². The Morgan fingerprint density at radius 3 is 2.48 bits per heavy atom. The average molecular weight is 418 g/mol. The standard InChI is InChI=1S/C20H19IO2/c21-14-6-12-20(18(22)16-8-2-1-3-9-16)13-11-15-7-4-5-10-17(15)19(20)23/h1-5,7-10H,6,11-14H2. The molecule has 3 heteroatoms. The van der Waals surface area contributed by atoms with Gasteiger partial charge in [0, 0.05) is 11.1 Å². The lowest BCUT2D eigenvalue weighted by Gasteiger charge is -2.35. The first-order valence-electron chi connectivity index (χ1n) is 7.97. The summed E-state index contributed by atoms with van der Waals surface area (Å²) in [5, 5.41) is 0. The smallest absolute Gasteiger partial charge is 0.177 e. The van der Waals surface area contributed by atoms with Crippen molar-refractivity contribution in [3.63, 3.8) is 0 Å². The maximum atomic E-state index is 13.2. The third-order valence-corrected chi connectivity index (χ3v) is 5.49. The molecule has 2 nitrogen and oxygen atoms in total. The van der Waals surface area contributed by atoms with E-state index in [0.717, 1.165) is 28.4 Å². The van der Waals surface area contributed by atoms with E-state index in [1.54, 1.807) is 0 Å². The summed E-state index contributed by atoms with van der Waals surface area (Å²) < 4.78 is 0.955. The Morgan fingerprint density at radius 2 is 1.74 bits per heavy atom. The first-order chi connectivity index (χ1) is 11.2. The molecule has 0 saturated heterocycles. The van der Waals surface area contributed by atoms with E-state index in [9.17, 15) is 9.59 Å². The minimum atomic E-state index is -0.888. The van der Waals surface area contributed by atoms with Crippen molar-refractivity contribution in [3.8, 4) is 0 Å². The molecule has 1 unspecified atom stereocenters. The topological polar surface area (TPSA) is 34.1 Å². The Hall–Kier alpha value is -1.49. The van der Waals surface area contributed by atoms with Gasteiger partial charge >= 0.3 is 0 Å². The van der Waals surface area contributed by atoms with Gasteiger partial charge < -0.3 is 0 Å². The third kappa shape index (κ3) is 2.99. The fourth-order valence-electron chi connectivity index (χ4n) is 3.48. The highest BCUT2D eigenvalue weighted by molar-refractivity contribution is 14.1. The van der Waals surface area contributed by atoms with Gasteiger partial charge in [0.15, 0.2) is 11.6 Å². The van der Waals surface area contributed by atoms with Gasteiger partial charge in [-0.05, 0) is 35.7 Å². The highest BCUT2D eigenvalue weighted by Gasteiger charge is 2.47. The second kappa shape index (κ2) is 6.95. The minimum absolute atomic E-state index is 0.0116. The van der Waals surface area contributed by atoms with Crippen molar-refractivity contribution in [2.45, 2.75) is 25.7 Å². The first kappa shape index (κ1) is 16.4. The monoisotopic (exact) mass is 418 g/mol. The molecule has 0 N–H and O–H groups in total. The highest BCUT2D eigenvalue weighted by atomic mass is 127. The van der Waals surface area contributed by atoms with Crippen molar-refractivity contribution in [1.82, 2.24) is 0 Å². The van der Waals surface area contributed by atoms with Crippen LogP contribution < -0.4 is 0 Å². The van der Waals surface area contributed by atoms with Gasteiger partial charge in [0.1, 0.15) is 0 Å². The van der Waals surface area contributed by atoms with Crippen molar-refractivity contribution >= 4 is 34.2 Å². The fraction of sp³-hybridized carbons (Fsp3) is 0.300. The van der Waals surface area contributed by atoms with Crippen LogP contribution in [0.2, 0.25) is 0 Å². The van der Waals surface area contributed by atoms with Crippen LogP contribution in [-0.2, 0) is 6.42 Å². The molecule has 118 valence electrons. The maximum absolute atomic E-state index is 13.2. The van der Waals surface area contributed by atoms with E-state index < -0.39 is 5.41 Å². The molecule has 0 saturated carbocycles. The summed E-state index contributed by atoms with van der Waals surface area (Å²) >= 11 is 2.31. The number of rotatable bonds is 5. The van der Waals surface area contributed by atoms with Crippen LogP contribution in [0.5, 0.6) is 0 Å². The van der Waals surface area contributed by atoms with Gasteiger partial charge in [-0.2, -0.15) is 0 Å². The number of halogens is 1. The van der Waals surface area contributed by atoms with Gasteiger partial charge in [-0.3, -0.25) is 9.59 Å². The second-order valence-corrected chi connectivity index (χ2v) is 7.13. The summed E-state index contributed by atoms with van der Waals surface area (Å²) in [6.45, 7) is 0. The summed E-state index contributed by atoms with van der Waals surface area (Å²) in [7, 11) is 0. The number of hydrogen-bond donors (Lipinski definition) is 0. The number of ketones is 2. The molecule has 0 aromatic heterocycles. The lowest BCUT2D eigenvalue weighted by atomic mass is 9.64. The van der Waals surface area contributed by atoms with Gasteiger partial charge in [-0.15, -0.1) is 0 Å². The maximum Gasteiger partial charge on any atom is 0.177 e. The molecule has 0 spiro atoms. The Labute approximate surface area is 150 Å². The Bertz CT molecular complexity index is 723. The number of hydrogen-bond acceptors (Lipinski definition) is 2. The van der Waals surface area contributed by atoms with Crippen molar-refractivity contribution in [1.29, 1.82) is 0 Å². The summed E-state index contributed by atoms with van der Waals surface area (Å²) in [6.07, 6.45) is 2.93. The van der Waals surface area contributed by atoms with Crippen LogP contribution in [0.3, 0.4) is 0 Å². The summed E-state index contributed by atoms with van der Waals surface area (Å²) in [6, 6.07) is 17.0. The molecule has 1 aliphatic carbocycles. The van der Waals surface area contributed by atoms with Crippen molar-refractivity contribution in [2.75, 3.05) is 4.43 Å². The van der Waals surface area contributed by atoms with Crippen molar-refractivity contribution in [2.24, 2.45) is 5.41 Å². The summed E-state index contributed by atoms with van der Waals surface area (Å²) in [4.78, 5) is 26.5. The number of benzene rings is 2. The normalized spacial score (nSPS) is 20.1. The number of carbonyl (C=O) groups excluding carboxylic acids is 2. The van der Waals surface area contributed by atoms with Crippen LogP contribution in [0.25, 0.3) is 0 Å². The molecule has 0 radical (unpaired) electrons. The number of fused-ring (bicyclic) bond motifs is 1. The number of alkyl halides is 1. The number of Topliss-reactive ketones (excluding diaryl/α,β-unsaturated/α-hetero) is 2. The molecule has 0 fully saturated rings. The van der Waals surface area contributed by atoms with Gasteiger partial charge in [0.2, 0.25) is 0 Å². The Morgan fingerprint density at radius 1 is 1.04 bits per heavy atom. The Balaban J connectivity index is 2.05. The summed E-state index contributed by atoms with van der Waals surface area (Å²) in [5.41, 5.74) is 1.56. The summed E-state index contributed by atoms with van der Waals surface area (Å²) in [5.74, 6) is 0.000469. The van der Waals surface area contributed by atoms with Crippen LogP contribution in [0.15, 0.2) is 54.6 Å². The molecular formula is C20H19IO2. The van der Waals surface area contributed by atoms with E-state index in [1.807, 2.05) is 54.6 Å². The Kier molecular flexibility index (Phi) is 4.95. The molecule has 1 aliphatic rings. The quantitative estimate of drug-likeness (QED) is 0.300. The first-order valence-corrected chi connectivity index (χ1v) is 9.50. The number of aryl methyl sites for hydroxylation is 1. The van der Waals surface area contributed by atoms with Crippen molar-refractivity contribution in [3.05, 3.63) is 71.3 Å². The molecule has 1 atom stereocenters. The van der Waals surface area contributed by atoms with E-state index in [-0.39, 0.29) is 11.6 Å². The zero-order valence-corrected chi connectivity index (χ0v) is 15.1. The highest BCUT2D eigenvalue weighted by Crippen LogP contribution is 2.42. The van der Waals surface area contributed by atoms with Crippen molar-refractivity contribution < 1.29 is 9.59 Å². The van der Waals surface area contributed by atoms with E-state index in [0.29, 0.717) is 18.4 Å². The second-order valence-electron chi connectivity index (χ2n) is 6.06. The number of carbonyl (C=O) groups is 2. The molecular weight excluding hydrogens is 399 g/mol. The predicted octanol–water partition coefficient (Wildman–Crippen LogP) is 4.90. The largest absolute Gasteiger partial charge is 0.293 e. The van der Waals surface area contributed by atoms with E-state index in [2.05, 4.69) is 22.6 Å². The van der Waals surface area contributed by atoms with E-state index in [1.165, 1.54) is 0 Å². The molecule has 2 aromatic rings. The van der Waals surface area contributed by atoms with Gasteiger partial charge in [0.25, 0.3) is 0 Å². The van der Waals surface area contributed by atoms with Crippen LogP contribution in [-0.4, -0.2) is 16.0 Å². The van der Waals surface area contributed by atoms with Crippen LogP contribution in [0.4, 0.5) is 0 Å². The molecule has 3 rings (SSSR count). The average Bonchev–Trinajstić information content (AvgIpc) is 2.62. The van der Waals surface area contributed by atoms with Gasteiger partial charge in [0.05, 0.1) is 5.41 Å². The van der Waals surface area contributed by atoms with Crippen LogP contribution in [0, 0.1) is 5.41 Å². The van der Waals surface area contributed by atoms with E-state index in [4.69, 9.17) is 0 Å². The lowest BCUT2D eigenvalue weighted by Crippen LogP contribution is -2.43. The van der Waals surface area contributed by atoms with Crippen LogP contribution >= 0.6 is 22.6 Å². The third-order valence-electron chi connectivity index (χ3n) is 4.73. The zero-order valence-electron chi connectivity index (χ0n) is 12.9.